The summed E-state index contributed by atoms with van der Waals surface area (Å²) in [7, 11) is 0. The molecule has 120 valence electrons. The highest BCUT2D eigenvalue weighted by Crippen LogP contribution is 2.27. The van der Waals surface area contributed by atoms with Crippen molar-refractivity contribution in [1.82, 2.24) is 4.98 Å². The van der Waals surface area contributed by atoms with E-state index < -0.39 is 0 Å². The SMILES string of the molecule is CC(=O)Nc1nc(-c2cccc(NC(=O)c3ccccc3)c2)cs1. The quantitative estimate of drug-likeness (QED) is 0.755. The van der Waals surface area contributed by atoms with E-state index in [1.54, 1.807) is 12.1 Å². The average molecular weight is 337 g/mol. The van der Waals surface area contributed by atoms with Gasteiger partial charge >= 0.3 is 0 Å². The second-order valence-corrected chi connectivity index (χ2v) is 5.98. The lowest BCUT2D eigenvalue weighted by molar-refractivity contribution is -0.114. The summed E-state index contributed by atoms with van der Waals surface area (Å²) in [5.74, 6) is -0.315. The summed E-state index contributed by atoms with van der Waals surface area (Å²) in [6.07, 6.45) is 0. The molecule has 2 N–H and O–H groups in total. The Balaban J connectivity index is 1.78. The average Bonchev–Trinajstić information content (AvgIpc) is 3.03. The molecule has 0 aliphatic rings. The van der Waals surface area contributed by atoms with Crippen LogP contribution in [-0.2, 0) is 4.79 Å². The number of benzene rings is 2. The molecule has 24 heavy (non-hydrogen) atoms. The molecule has 0 radical (unpaired) electrons. The number of carbonyl (C=O) groups excluding carboxylic acids is 2. The third-order valence-corrected chi connectivity index (χ3v) is 4.00. The summed E-state index contributed by atoms with van der Waals surface area (Å²) in [6, 6.07) is 16.5. The number of aromatic nitrogens is 1. The highest BCUT2D eigenvalue weighted by atomic mass is 32.1. The molecule has 1 aromatic heterocycles. The normalized spacial score (nSPS) is 10.2. The van der Waals surface area contributed by atoms with Crippen LogP contribution >= 0.6 is 11.3 Å². The standard InChI is InChI=1S/C18H15N3O2S/c1-12(22)19-18-21-16(11-24-18)14-8-5-9-15(10-14)20-17(23)13-6-3-2-4-7-13/h2-11H,1H3,(H,20,23)(H,19,21,22). The van der Waals surface area contributed by atoms with E-state index in [0.717, 1.165) is 11.3 Å². The molecule has 0 bridgehead atoms. The number of thiazole rings is 1. The summed E-state index contributed by atoms with van der Waals surface area (Å²) >= 11 is 1.36. The Bertz CT molecular complexity index is 875. The van der Waals surface area contributed by atoms with Crippen LogP contribution < -0.4 is 10.6 Å². The van der Waals surface area contributed by atoms with E-state index in [1.165, 1.54) is 18.3 Å². The van der Waals surface area contributed by atoms with Gasteiger partial charge in [0.05, 0.1) is 5.69 Å². The zero-order valence-corrected chi connectivity index (χ0v) is 13.8. The number of anilines is 2. The number of nitrogens with zero attached hydrogens (tertiary/aromatic N) is 1. The Hall–Kier alpha value is -2.99. The molecule has 5 nitrogen and oxygen atoms in total. The largest absolute Gasteiger partial charge is 0.322 e. The maximum absolute atomic E-state index is 12.2. The van der Waals surface area contributed by atoms with Crippen molar-refractivity contribution in [1.29, 1.82) is 0 Å². The number of carbonyl (C=O) groups is 2. The first-order valence-corrected chi connectivity index (χ1v) is 8.20. The third-order valence-electron chi connectivity index (χ3n) is 3.24. The van der Waals surface area contributed by atoms with Crippen molar-refractivity contribution in [3.63, 3.8) is 0 Å². The van der Waals surface area contributed by atoms with Crippen LogP contribution in [0.2, 0.25) is 0 Å². The second kappa shape index (κ2) is 7.06. The molecule has 0 unspecified atom stereocenters. The van der Waals surface area contributed by atoms with E-state index in [2.05, 4.69) is 15.6 Å². The minimum Gasteiger partial charge on any atom is -0.322 e. The Morgan fingerprint density at radius 1 is 1.00 bits per heavy atom. The van der Waals surface area contributed by atoms with Gasteiger partial charge in [0.2, 0.25) is 5.91 Å². The fourth-order valence-corrected chi connectivity index (χ4v) is 2.93. The molecule has 6 heteroatoms. The molecule has 0 aliphatic heterocycles. The lowest BCUT2D eigenvalue weighted by Crippen LogP contribution is -2.11. The topological polar surface area (TPSA) is 71.1 Å². The first-order chi connectivity index (χ1) is 11.6. The van der Waals surface area contributed by atoms with Crippen LogP contribution in [0.4, 0.5) is 10.8 Å². The summed E-state index contributed by atoms with van der Waals surface area (Å²) in [5.41, 5.74) is 2.91. The van der Waals surface area contributed by atoms with Gasteiger partial charge in [0.1, 0.15) is 0 Å². The highest BCUT2D eigenvalue weighted by molar-refractivity contribution is 7.14. The lowest BCUT2D eigenvalue weighted by Gasteiger charge is -2.06. The molecular weight excluding hydrogens is 322 g/mol. The van der Waals surface area contributed by atoms with Gasteiger partial charge in [-0.05, 0) is 24.3 Å². The third kappa shape index (κ3) is 3.85. The molecule has 3 aromatic rings. The summed E-state index contributed by atoms with van der Waals surface area (Å²) in [6.45, 7) is 1.45. The molecule has 0 atom stereocenters. The molecule has 0 aliphatic carbocycles. The van der Waals surface area contributed by atoms with Gasteiger partial charge in [-0.2, -0.15) is 0 Å². The van der Waals surface area contributed by atoms with Gasteiger partial charge in [-0.25, -0.2) is 4.98 Å². The van der Waals surface area contributed by atoms with E-state index in [1.807, 2.05) is 47.8 Å². The van der Waals surface area contributed by atoms with Crippen LogP contribution in [0, 0.1) is 0 Å². The maximum atomic E-state index is 12.2. The molecule has 1 heterocycles. The number of hydrogen-bond acceptors (Lipinski definition) is 4. The van der Waals surface area contributed by atoms with Crippen LogP contribution in [0.25, 0.3) is 11.3 Å². The first kappa shape index (κ1) is 15.9. The van der Waals surface area contributed by atoms with Crippen molar-refractivity contribution in [2.24, 2.45) is 0 Å². The van der Waals surface area contributed by atoms with Gasteiger partial charge in [-0.15, -0.1) is 11.3 Å². The van der Waals surface area contributed by atoms with Crippen molar-refractivity contribution in [2.45, 2.75) is 6.92 Å². The smallest absolute Gasteiger partial charge is 0.255 e. The van der Waals surface area contributed by atoms with Crippen molar-refractivity contribution < 1.29 is 9.59 Å². The molecular formula is C18H15N3O2S. The van der Waals surface area contributed by atoms with E-state index in [4.69, 9.17) is 0 Å². The summed E-state index contributed by atoms with van der Waals surface area (Å²) in [4.78, 5) is 27.7. The van der Waals surface area contributed by atoms with Gasteiger partial charge in [-0.1, -0.05) is 30.3 Å². The van der Waals surface area contributed by atoms with Gasteiger partial charge < -0.3 is 10.6 Å². The van der Waals surface area contributed by atoms with Crippen molar-refractivity contribution >= 4 is 34.0 Å². The number of nitrogens with one attached hydrogen (secondary N) is 2. The molecule has 2 aromatic carbocycles. The van der Waals surface area contributed by atoms with Crippen LogP contribution in [-0.4, -0.2) is 16.8 Å². The highest BCUT2D eigenvalue weighted by Gasteiger charge is 2.08. The van der Waals surface area contributed by atoms with Crippen molar-refractivity contribution in [2.75, 3.05) is 10.6 Å². The Morgan fingerprint density at radius 3 is 2.54 bits per heavy atom. The second-order valence-electron chi connectivity index (χ2n) is 5.12. The zero-order chi connectivity index (χ0) is 16.9. The van der Waals surface area contributed by atoms with E-state index >= 15 is 0 Å². The predicted octanol–water partition coefficient (Wildman–Crippen LogP) is 4.02. The molecule has 2 amide bonds. The molecule has 3 rings (SSSR count). The first-order valence-electron chi connectivity index (χ1n) is 7.32. The van der Waals surface area contributed by atoms with Crippen LogP contribution in [0.5, 0.6) is 0 Å². The van der Waals surface area contributed by atoms with Gasteiger partial charge in [0, 0.05) is 29.1 Å². The van der Waals surface area contributed by atoms with Crippen LogP contribution in [0.1, 0.15) is 17.3 Å². The van der Waals surface area contributed by atoms with Gasteiger partial charge in [0.25, 0.3) is 5.91 Å². The Morgan fingerprint density at radius 2 is 1.79 bits per heavy atom. The van der Waals surface area contributed by atoms with Gasteiger partial charge in [0.15, 0.2) is 5.13 Å². The van der Waals surface area contributed by atoms with E-state index in [0.29, 0.717) is 16.4 Å². The predicted molar refractivity (Wildman–Crippen MR) is 96.2 cm³/mol. The molecule has 0 fully saturated rings. The molecule has 0 saturated heterocycles. The number of hydrogen-bond donors (Lipinski definition) is 2. The number of amides is 2. The van der Waals surface area contributed by atoms with Crippen molar-refractivity contribution in [3.05, 3.63) is 65.5 Å². The zero-order valence-electron chi connectivity index (χ0n) is 12.9. The van der Waals surface area contributed by atoms with Gasteiger partial charge in [-0.3, -0.25) is 9.59 Å². The minimum absolute atomic E-state index is 0.153. The summed E-state index contributed by atoms with van der Waals surface area (Å²) < 4.78 is 0. The Labute approximate surface area is 143 Å². The fraction of sp³-hybridized carbons (Fsp3) is 0.0556. The molecule has 0 saturated carbocycles. The Kier molecular flexibility index (Phi) is 4.67. The lowest BCUT2D eigenvalue weighted by atomic mass is 10.1. The minimum atomic E-state index is -0.162. The maximum Gasteiger partial charge on any atom is 0.255 e. The monoisotopic (exact) mass is 337 g/mol. The van der Waals surface area contributed by atoms with Crippen LogP contribution in [0.3, 0.4) is 0 Å². The van der Waals surface area contributed by atoms with Crippen LogP contribution in [0.15, 0.2) is 60.0 Å². The molecule has 0 spiro atoms. The fourth-order valence-electron chi connectivity index (χ4n) is 2.16. The number of rotatable bonds is 4. The van der Waals surface area contributed by atoms with E-state index in [-0.39, 0.29) is 11.8 Å². The van der Waals surface area contributed by atoms with Crippen molar-refractivity contribution in [3.8, 4) is 11.3 Å². The summed E-state index contributed by atoms with van der Waals surface area (Å²) in [5, 5.41) is 7.95. The van der Waals surface area contributed by atoms with E-state index in [9.17, 15) is 9.59 Å².